The summed E-state index contributed by atoms with van der Waals surface area (Å²) >= 11 is 11.0. The zero-order chi connectivity index (χ0) is 13.1. The standard InChI is InChI=1S/C14H15BrClNS/c1-9(11-4-3-5-13(15)6-11)17-10(2)12-7-14(16)18-8-12/h3-10,17H,1-2H3. The van der Waals surface area contributed by atoms with Crippen molar-refractivity contribution < 1.29 is 0 Å². The van der Waals surface area contributed by atoms with Crippen molar-refractivity contribution in [3.05, 3.63) is 55.6 Å². The molecule has 0 saturated heterocycles. The van der Waals surface area contributed by atoms with E-state index < -0.39 is 0 Å². The maximum absolute atomic E-state index is 5.96. The Bertz CT molecular complexity index is 526. The van der Waals surface area contributed by atoms with Crippen molar-refractivity contribution in [3.8, 4) is 0 Å². The summed E-state index contributed by atoms with van der Waals surface area (Å²) in [5.41, 5.74) is 2.52. The Kier molecular flexibility index (Phi) is 4.84. The molecule has 96 valence electrons. The van der Waals surface area contributed by atoms with E-state index >= 15 is 0 Å². The van der Waals surface area contributed by atoms with Crippen molar-refractivity contribution in [3.63, 3.8) is 0 Å². The molecule has 0 bridgehead atoms. The van der Waals surface area contributed by atoms with Gasteiger partial charge >= 0.3 is 0 Å². The largest absolute Gasteiger partial charge is 0.304 e. The lowest BCUT2D eigenvalue weighted by Crippen LogP contribution is -2.22. The predicted molar refractivity (Wildman–Crippen MR) is 83.4 cm³/mol. The molecule has 2 aromatic rings. The van der Waals surface area contributed by atoms with Crippen LogP contribution < -0.4 is 5.32 Å². The Morgan fingerprint density at radius 1 is 1.17 bits per heavy atom. The first-order valence-electron chi connectivity index (χ1n) is 5.81. The van der Waals surface area contributed by atoms with Crippen LogP contribution in [0.2, 0.25) is 4.34 Å². The molecule has 1 aromatic heterocycles. The van der Waals surface area contributed by atoms with Gasteiger partial charge in [0.1, 0.15) is 0 Å². The number of thiophene rings is 1. The number of nitrogens with one attached hydrogen (secondary N) is 1. The van der Waals surface area contributed by atoms with Crippen molar-refractivity contribution >= 4 is 38.9 Å². The average molecular weight is 345 g/mol. The molecule has 0 saturated carbocycles. The average Bonchev–Trinajstić information content (AvgIpc) is 2.76. The molecule has 0 radical (unpaired) electrons. The molecule has 4 heteroatoms. The summed E-state index contributed by atoms with van der Waals surface area (Å²) in [6.45, 7) is 4.33. The molecule has 0 amide bonds. The highest BCUT2D eigenvalue weighted by Crippen LogP contribution is 2.27. The smallest absolute Gasteiger partial charge is 0.0931 e. The lowest BCUT2D eigenvalue weighted by molar-refractivity contribution is 0.495. The van der Waals surface area contributed by atoms with Gasteiger partial charge in [-0.15, -0.1) is 11.3 Å². The molecule has 0 aliphatic heterocycles. The van der Waals surface area contributed by atoms with Crippen LogP contribution >= 0.6 is 38.9 Å². The van der Waals surface area contributed by atoms with Gasteiger partial charge in [0, 0.05) is 16.6 Å². The number of hydrogen-bond donors (Lipinski definition) is 1. The second-order valence-corrected chi connectivity index (χ2v) is 6.81. The van der Waals surface area contributed by atoms with Crippen LogP contribution in [0.15, 0.2) is 40.2 Å². The highest BCUT2D eigenvalue weighted by molar-refractivity contribution is 9.10. The molecule has 1 N–H and O–H groups in total. The summed E-state index contributed by atoms with van der Waals surface area (Å²) in [4.78, 5) is 0. The summed E-state index contributed by atoms with van der Waals surface area (Å²) in [5.74, 6) is 0. The molecule has 1 aromatic carbocycles. The minimum Gasteiger partial charge on any atom is -0.304 e. The van der Waals surface area contributed by atoms with Crippen LogP contribution in [-0.2, 0) is 0 Å². The summed E-state index contributed by atoms with van der Waals surface area (Å²) in [6.07, 6.45) is 0. The molecule has 1 nitrogen and oxygen atoms in total. The second-order valence-electron chi connectivity index (χ2n) is 4.35. The maximum atomic E-state index is 5.96. The van der Waals surface area contributed by atoms with Gasteiger partial charge in [-0.05, 0) is 48.6 Å². The molecule has 2 unspecified atom stereocenters. The van der Waals surface area contributed by atoms with Crippen LogP contribution in [0.25, 0.3) is 0 Å². The monoisotopic (exact) mass is 343 g/mol. The lowest BCUT2D eigenvalue weighted by Gasteiger charge is -2.20. The minimum absolute atomic E-state index is 0.294. The molecule has 2 rings (SSSR count). The normalized spacial score (nSPS) is 14.4. The van der Waals surface area contributed by atoms with E-state index in [9.17, 15) is 0 Å². The van der Waals surface area contributed by atoms with Gasteiger partial charge in [0.15, 0.2) is 0 Å². The SMILES string of the molecule is CC(NC(C)c1csc(Cl)c1)c1cccc(Br)c1. The highest BCUT2D eigenvalue weighted by Gasteiger charge is 2.12. The Morgan fingerprint density at radius 2 is 1.89 bits per heavy atom. The molecule has 2 atom stereocenters. The number of rotatable bonds is 4. The van der Waals surface area contributed by atoms with Gasteiger partial charge in [0.05, 0.1) is 4.34 Å². The van der Waals surface area contributed by atoms with Gasteiger partial charge in [0.2, 0.25) is 0 Å². The van der Waals surface area contributed by atoms with E-state index in [1.54, 1.807) is 11.3 Å². The molecule has 1 heterocycles. The van der Waals surface area contributed by atoms with E-state index in [-0.39, 0.29) is 0 Å². The van der Waals surface area contributed by atoms with Crippen LogP contribution in [0.5, 0.6) is 0 Å². The first-order chi connectivity index (χ1) is 8.56. The zero-order valence-corrected chi connectivity index (χ0v) is 13.4. The van der Waals surface area contributed by atoms with Crippen molar-refractivity contribution in [1.82, 2.24) is 5.32 Å². The molecule has 18 heavy (non-hydrogen) atoms. The molecule has 0 fully saturated rings. The van der Waals surface area contributed by atoms with E-state index in [4.69, 9.17) is 11.6 Å². The van der Waals surface area contributed by atoms with E-state index in [0.29, 0.717) is 12.1 Å². The summed E-state index contributed by atoms with van der Waals surface area (Å²) in [5, 5.41) is 5.68. The number of halogens is 2. The van der Waals surface area contributed by atoms with Gasteiger partial charge in [0.25, 0.3) is 0 Å². The molecular formula is C14H15BrClNS. The van der Waals surface area contributed by atoms with Crippen molar-refractivity contribution in [2.24, 2.45) is 0 Å². The van der Waals surface area contributed by atoms with E-state index in [2.05, 4.69) is 58.7 Å². The third-order valence-electron chi connectivity index (χ3n) is 2.94. The fourth-order valence-corrected chi connectivity index (χ4v) is 3.30. The van der Waals surface area contributed by atoms with Crippen LogP contribution in [-0.4, -0.2) is 0 Å². The first-order valence-corrected chi connectivity index (χ1v) is 7.87. The molecular weight excluding hydrogens is 330 g/mol. The van der Waals surface area contributed by atoms with Gasteiger partial charge < -0.3 is 5.32 Å². The maximum Gasteiger partial charge on any atom is 0.0931 e. The topological polar surface area (TPSA) is 12.0 Å². The fourth-order valence-electron chi connectivity index (χ4n) is 1.89. The fraction of sp³-hybridized carbons (Fsp3) is 0.286. The zero-order valence-electron chi connectivity index (χ0n) is 10.3. The third-order valence-corrected chi connectivity index (χ3v) is 4.54. The van der Waals surface area contributed by atoms with E-state index in [1.807, 2.05) is 12.1 Å². The Labute approximate surface area is 125 Å². The van der Waals surface area contributed by atoms with Crippen molar-refractivity contribution in [2.75, 3.05) is 0 Å². The number of hydrogen-bond acceptors (Lipinski definition) is 2. The van der Waals surface area contributed by atoms with Gasteiger partial charge in [-0.1, -0.05) is 39.7 Å². The second kappa shape index (κ2) is 6.20. The molecule has 0 aliphatic rings. The van der Waals surface area contributed by atoms with Gasteiger partial charge in [-0.25, -0.2) is 0 Å². The minimum atomic E-state index is 0.294. The van der Waals surface area contributed by atoms with E-state index in [0.717, 1.165) is 8.81 Å². The molecule has 0 aliphatic carbocycles. The van der Waals surface area contributed by atoms with Gasteiger partial charge in [-0.2, -0.15) is 0 Å². The quantitative estimate of drug-likeness (QED) is 0.764. The summed E-state index contributed by atoms with van der Waals surface area (Å²) in [7, 11) is 0. The van der Waals surface area contributed by atoms with Crippen LogP contribution in [0.4, 0.5) is 0 Å². The van der Waals surface area contributed by atoms with Crippen LogP contribution in [0, 0.1) is 0 Å². The van der Waals surface area contributed by atoms with Crippen LogP contribution in [0.3, 0.4) is 0 Å². The lowest BCUT2D eigenvalue weighted by atomic mass is 10.1. The highest BCUT2D eigenvalue weighted by atomic mass is 79.9. The number of benzene rings is 1. The summed E-state index contributed by atoms with van der Waals surface area (Å²) in [6, 6.07) is 11.0. The third kappa shape index (κ3) is 3.58. The predicted octanol–water partition coefficient (Wildman–Crippen LogP) is 5.58. The molecule has 0 spiro atoms. The van der Waals surface area contributed by atoms with Crippen molar-refractivity contribution in [1.29, 1.82) is 0 Å². The summed E-state index contributed by atoms with van der Waals surface area (Å²) < 4.78 is 1.95. The van der Waals surface area contributed by atoms with Crippen molar-refractivity contribution in [2.45, 2.75) is 25.9 Å². The Hall–Kier alpha value is -0.350. The Balaban J connectivity index is 2.05. The first kappa shape index (κ1) is 14.1. The Morgan fingerprint density at radius 3 is 2.50 bits per heavy atom. The van der Waals surface area contributed by atoms with Gasteiger partial charge in [-0.3, -0.25) is 0 Å². The van der Waals surface area contributed by atoms with E-state index in [1.165, 1.54) is 11.1 Å². The van der Waals surface area contributed by atoms with Crippen LogP contribution in [0.1, 0.15) is 37.1 Å².